The number of carboxylic acid groups (broad SMARTS) is 1. The van der Waals surface area contributed by atoms with Gasteiger partial charge in [0.1, 0.15) is 15.6 Å². The number of ether oxygens (including phenoxy) is 1. The van der Waals surface area contributed by atoms with E-state index in [4.69, 9.17) is 21.4 Å². The number of alkyl halides is 3. The minimum absolute atomic E-state index is 0.103. The number of methoxy groups -OCH3 is 1. The van der Waals surface area contributed by atoms with Crippen LogP contribution in [-0.2, 0) is 6.18 Å². The molecule has 1 heterocycles. The quantitative estimate of drug-likeness (QED) is 0.912. The van der Waals surface area contributed by atoms with Gasteiger partial charge in [-0.3, -0.25) is 0 Å². The summed E-state index contributed by atoms with van der Waals surface area (Å²) in [6, 6.07) is 4.28. The maximum absolute atomic E-state index is 12.8. The molecule has 0 fully saturated rings. The third-order valence-corrected chi connectivity index (χ3v) is 3.80. The molecule has 0 aliphatic rings. The molecule has 0 radical (unpaired) electrons. The number of rotatable bonds is 3. The Bertz CT molecular complexity index is 700. The summed E-state index contributed by atoms with van der Waals surface area (Å²) >= 11 is 6.20. The second-order valence-electron chi connectivity index (χ2n) is 3.84. The molecule has 0 atom stereocenters. The Morgan fingerprint density at radius 3 is 2.57 bits per heavy atom. The Kier molecular flexibility index (Phi) is 4.11. The van der Waals surface area contributed by atoms with Crippen LogP contribution in [0.3, 0.4) is 0 Å². The molecule has 0 saturated carbocycles. The Labute approximate surface area is 125 Å². The van der Waals surface area contributed by atoms with E-state index in [0.29, 0.717) is 16.4 Å². The lowest BCUT2D eigenvalue weighted by molar-refractivity contribution is -0.141. The molecule has 2 rings (SSSR count). The topological polar surface area (TPSA) is 59.4 Å². The van der Waals surface area contributed by atoms with E-state index in [1.165, 1.54) is 25.3 Å². The Morgan fingerprint density at radius 1 is 1.43 bits per heavy atom. The first-order chi connectivity index (χ1) is 9.74. The van der Waals surface area contributed by atoms with E-state index in [1.807, 2.05) is 0 Å². The number of carboxylic acids is 1. The van der Waals surface area contributed by atoms with Gasteiger partial charge in [-0.05, 0) is 18.2 Å². The maximum Gasteiger partial charge on any atom is 0.435 e. The number of hydrogen-bond donors (Lipinski definition) is 1. The number of benzene rings is 1. The van der Waals surface area contributed by atoms with Gasteiger partial charge >= 0.3 is 12.1 Å². The lowest BCUT2D eigenvalue weighted by Crippen LogP contribution is -2.11. The highest BCUT2D eigenvalue weighted by atomic mass is 35.5. The van der Waals surface area contributed by atoms with Crippen LogP contribution in [0.2, 0.25) is 5.02 Å². The highest BCUT2D eigenvalue weighted by Gasteiger charge is 2.40. The van der Waals surface area contributed by atoms with Crippen molar-refractivity contribution in [3.05, 3.63) is 33.8 Å². The van der Waals surface area contributed by atoms with Gasteiger partial charge in [0, 0.05) is 5.02 Å². The largest absolute Gasteiger partial charge is 0.496 e. The van der Waals surface area contributed by atoms with Crippen molar-refractivity contribution in [1.29, 1.82) is 0 Å². The van der Waals surface area contributed by atoms with E-state index in [0.717, 1.165) is 0 Å². The molecule has 0 saturated heterocycles. The highest BCUT2D eigenvalue weighted by Crippen LogP contribution is 2.40. The SMILES string of the molecule is COc1cc(Cl)ccc1-c1nc(C(F)(F)F)c(C(=O)O)s1. The van der Waals surface area contributed by atoms with Crippen LogP contribution in [0.25, 0.3) is 10.6 Å². The maximum atomic E-state index is 12.8. The zero-order valence-electron chi connectivity index (χ0n) is 10.4. The molecule has 1 aromatic heterocycles. The van der Waals surface area contributed by atoms with Crippen molar-refractivity contribution in [3.8, 4) is 16.3 Å². The van der Waals surface area contributed by atoms with Gasteiger partial charge < -0.3 is 9.84 Å². The van der Waals surface area contributed by atoms with E-state index in [9.17, 15) is 18.0 Å². The fraction of sp³-hybridized carbons (Fsp3) is 0.167. The zero-order valence-corrected chi connectivity index (χ0v) is 11.9. The van der Waals surface area contributed by atoms with E-state index >= 15 is 0 Å². The number of nitrogens with zero attached hydrogens (tertiary/aromatic N) is 1. The molecule has 112 valence electrons. The number of halogens is 4. The first-order valence-corrected chi connectivity index (χ1v) is 6.58. The molecule has 9 heteroatoms. The summed E-state index contributed by atoms with van der Waals surface area (Å²) in [6.07, 6.45) is -4.85. The third-order valence-electron chi connectivity index (χ3n) is 2.48. The third kappa shape index (κ3) is 3.11. The van der Waals surface area contributed by atoms with Crippen molar-refractivity contribution >= 4 is 28.9 Å². The predicted octanol–water partition coefficient (Wildman–Crippen LogP) is 4.19. The second-order valence-corrected chi connectivity index (χ2v) is 5.28. The number of aromatic carboxylic acids is 1. The molecule has 0 bridgehead atoms. The fourth-order valence-electron chi connectivity index (χ4n) is 1.61. The number of aromatic nitrogens is 1. The summed E-state index contributed by atoms with van der Waals surface area (Å²) in [4.78, 5) is 13.5. The number of hydrogen-bond acceptors (Lipinski definition) is 4. The molecule has 0 aliphatic carbocycles. The smallest absolute Gasteiger partial charge is 0.435 e. The lowest BCUT2D eigenvalue weighted by Gasteiger charge is -2.06. The van der Waals surface area contributed by atoms with Crippen molar-refractivity contribution in [2.24, 2.45) is 0 Å². The van der Waals surface area contributed by atoms with Crippen LogP contribution in [0, 0.1) is 0 Å². The minimum atomic E-state index is -4.85. The van der Waals surface area contributed by atoms with Gasteiger partial charge in [0.25, 0.3) is 0 Å². The Balaban J connectivity index is 2.64. The van der Waals surface area contributed by atoms with Crippen LogP contribution in [0.15, 0.2) is 18.2 Å². The van der Waals surface area contributed by atoms with Gasteiger partial charge in [0.2, 0.25) is 0 Å². The van der Waals surface area contributed by atoms with Crippen molar-refractivity contribution in [2.75, 3.05) is 7.11 Å². The van der Waals surface area contributed by atoms with Crippen LogP contribution in [0.5, 0.6) is 5.75 Å². The normalized spacial score (nSPS) is 11.5. The fourth-order valence-corrected chi connectivity index (χ4v) is 2.73. The molecule has 1 aromatic carbocycles. The van der Waals surface area contributed by atoms with Crippen molar-refractivity contribution in [3.63, 3.8) is 0 Å². The lowest BCUT2D eigenvalue weighted by atomic mass is 10.2. The molecular weight excluding hydrogens is 331 g/mol. The van der Waals surface area contributed by atoms with E-state index in [-0.39, 0.29) is 16.3 Å². The molecule has 0 amide bonds. The van der Waals surface area contributed by atoms with E-state index < -0.39 is 22.7 Å². The Hall–Kier alpha value is -1.80. The molecule has 21 heavy (non-hydrogen) atoms. The average molecular weight is 338 g/mol. The van der Waals surface area contributed by atoms with Crippen LogP contribution in [0.4, 0.5) is 13.2 Å². The van der Waals surface area contributed by atoms with Crippen molar-refractivity contribution < 1.29 is 27.8 Å². The van der Waals surface area contributed by atoms with Gasteiger partial charge in [-0.25, -0.2) is 9.78 Å². The molecule has 1 N–H and O–H groups in total. The van der Waals surface area contributed by atoms with Gasteiger partial charge in [0.15, 0.2) is 5.69 Å². The van der Waals surface area contributed by atoms with Crippen molar-refractivity contribution in [2.45, 2.75) is 6.18 Å². The molecular formula is C12H7ClF3NO3S. The second kappa shape index (κ2) is 5.53. The van der Waals surface area contributed by atoms with Crippen LogP contribution >= 0.6 is 22.9 Å². The summed E-state index contributed by atoms with van der Waals surface area (Å²) in [6.45, 7) is 0. The molecule has 0 unspecified atom stereocenters. The summed E-state index contributed by atoms with van der Waals surface area (Å²) in [7, 11) is 1.32. The Morgan fingerprint density at radius 2 is 2.10 bits per heavy atom. The summed E-state index contributed by atoms with van der Waals surface area (Å²) < 4.78 is 43.5. The predicted molar refractivity (Wildman–Crippen MR) is 71.1 cm³/mol. The zero-order chi connectivity index (χ0) is 15.8. The molecule has 4 nitrogen and oxygen atoms in total. The summed E-state index contributed by atoms with van der Waals surface area (Å²) in [5, 5.41) is 9.11. The first-order valence-electron chi connectivity index (χ1n) is 5.39. The van der Waals surface area contributed by atoms with Gasteiger partial charge in [-0.2, -0.15) is 13.2 Å². The number of thiazole rings is 1. The van der Waals surface area contributed by atoms with Gasteiger partial charge in [-0.1, -0.05) is 11.6 Å². The summed E-state index contributed by atoms with van der Waals surface area (Å²) in [5.74, 6) is -1.47. The average Bonchev–Trinajstić information content (AvgIpc) is 2.83. The summed E-state index contributed by atoms with van der Waals surface area (Å²) in [5.41, 5.74) is -1.18. The van der Waals surface area contributed by atoms with Crippen LogP contribution < -0.4 is 4.74 Å². The van der Waals surface area contributed by atoms with Crippen molar-refractivity contribution in [1.82, 2.24) is 4.98 Å². The monoisotopic (exact) mass is 337 g/mol. The standard InChI is InChI=1S/C12H7ClF3NO3S/c1-20-7-4-5(13)2-3-6(7)10-17-9(12(14,15)16)8(21-10)11(18)19/h2-4H,1H3,(H,18,19). The highest BCUT2D eigenvalue weighted by molar-refractivity contribution is 7.17. The van der Waals surface area contributed by atoms with E-state index in [2.05, 4.69) is 4.98 Å². The van der Waals surface area contributed by atoms with Crippen LogP contribution in [-0.4, -0.2) is 23.2 Å². The minimum Gasteiger partial charge on any atom is -0.496 e. The van der Waals surface area contributed by atoms with Crippen LogP contribution in [0.1, 0.15) is 15.4 Å². The molecule has 0 aliphatic heterocycles. The van der Waals surface area contributed by atoms with Gasteiger partial charge in [0.05, 0.1) is 12.7 Å². The van der Waals surface area contributed by atoms with E-state index in [1.54, 1.807) is 0 Å². The molecule has 2 aromatic rings. The number of carbonyl (C=O) groups is 1. The first kappa shape index (κ1) is 15.6. The van der Waals surface area contributed by atoms with Gasteiger partial charge in [-0.15, -0.1) is 11.3 Å². The molecule has 0 spiro atoms.